The summed E-state index contributed by atoms with van der Waals surface area (Å²) in [7, 11) is 3.51. The standard InChI is InChI=1S/C9H11NO2.C8H9NO2.3C2H6/c1-6-5-12-7-3-4-10(2)9(11)8(6)7;1-9-4-2-7-6(8(9)10)3-5-11-7;3*1-2/h3-4,6H,5H2,1-2H3;2,4H,3,5H2,1H3;3*1-2H3. The van der Waals surface area contributed by atoms with E-state index in [0.717, 1.165) is 29.0 Å². The minimum atomic E-state index is 0.0671. The van der Waals surface area contributed by atoms with Crippen LogP contribution in [-0.2, 0) is 20.5 Å². The zero-order valence-corrected chi connectivity index (χ0v) is 19.5. The first kappa shape index (κ1) is 26.5. The molecule has 6 nitrogen and oxygen atoms in total. The summed E-state index contributed by atoms with van der Waals surface area (Å²) in [6, 6.07) is 3.68. The fraction of sp³-hybridized carbons (Fsp3) is 0.565. The first-order chi connectivity index (χ1) is 14.0. The molecule has 2 aromatic rings. The van der Waals surface area contributed by atoms with Crippen molar-refractivity contribution in [1.82, 2.24) is 9.13 Å². The van der Waals surface area contributed by atoms with Gasteiger partial charge < -0.3 is 18.6 Å². The lowest BCUT2D eigenvalue weighted by Crippen LogP contribution is -2.19. The zero-order chi connectivity index (χ0) is 22.6. The van der Waals surface area contributed by atoms with Crippen molar-refractivity contribution >= 4 is 0 Å². The smallest absolute Gasteiger partial charge is 0.257 e. The Morgan fingerprint density at radius 3 is 1.93 bits per heavy atom. The summed E-state index contributed by atoms with van der Waals surface area (Å²) < 4.78 is 13.7. The lowest BCUT2D eigenvalue weighted by molar-refractivity contribution is 0.337. The van der Waals surface area contributed by atoms with E-state index in [0.29, 0.717) is 13.2 Å². The van der Waals surface area contributed by atoms with Gasteiger partial charge in [-0.05, 0) is 12.1 Å². The van der Waals surface area contributed by atoms with E-state index >= 15 is 0 Å². The number of aromatic nitrogens is 2. The monoisotopic (exact) mass is 406 g/mol. The van der Waals surface area contributed by atoms with Crippen molar-refractivity contribution in [1.29, 1.82) is 0 Å². The summed E-state index contributed by atoms with van der Waals surface area (Å²) in [6.45, 7) is 15.3. The van der Waals surface area contributed by atoms with Crippen LogP contribution in [-0.4, -0.2) is 22.3 Å². The van der Waals surface area contributed by atoms with Gasteiger partial charge in [0.25, 0.3) is 11.1 Å². The maximum atomic E-state index is 11.6. The van der Waals surface area contributed by atoms with E-state index in [4.69, 9.17) is 9.47 Å². The summed E-state index contributed by atoms with van der Waals surface area (Å²) in [4.78, 5) is 22.9. The van der Waals surface area contributed by atoms with Crippen LogP contribution >= 0.6 is 0 Å². The van der Waals surface area contributed by atoms with Crippen LogP contribution in [0.1, 0.15) is 65.5 Å². The molecule has 4 heterocycles. The Morgan fingerprint density at radius 1 is 0.828 bits per heavy atom. The highest BCUT2D eigenvalue weighted by atomic mass is 16.5. The lowest BCUT2D eigenvalue weighted by Gasteiger charge is -2.01. The fourth-order valence-corrected chi connectivity index (χ4v) is 2.80. The van der Waals surface area contributed by atoms with Gasteiger partial charge in [0.15, 0.2) is 0 Å². The molecule has 0 saturated heterocycles. The number of fused-ring (bicyclic) bond motifs is 2. The van der Waals surface area contributed by atoms with Crippen molar-refractivity contribution in [2.24, 2.45) is 14.1 Å². The van der Waals surface area contributed by atoms with E-state index in [1.165, 1.54) is 0 Å². The first-order valence-corrected chi connectivity index (χ1v) is 10.6. The van der Waals surface area contributed by atoms with Gasteiger partial charge in [-0.15, -0.1) is 0 Å². The molecule has 0 fully saturated rings. The maximum Gasteiger partial charge on any atom is 0.257 e. The quantitative estimate of drug-likeness (QED) is 0.655. The number of nitrogens with zero attached hydrogens (tertiary/aromatic N) is 2. The number of ether oxygens (including phenoxy) is 2. The Hall–Kier alpha value is -2.50. The largest absolute Gasteiger partial charge is 0.493 e. The molecule has 0 radical (unpaired) electrons. The van der Waals surface area contributed by atoms with E-state index in [2.05, 4.69) is 0 Å². The summed E-state index contributed by atoms with van der Waals surface area (Å²) in [5.74, 6) is 1.75. The Balaban J connectivity index is 0.000000432. The van der Waals surface area contributed by atoms with E-state index < -0.39 is 0 Å². The molecular formula is C23H38N2O4. The third-order valence-electron chi connectivity index (χ3n) is 4.18. The Kier molecular flexibility index (Phi) is 12.5. The Bertz CT molecular complexity index is 853. The van der Waals surface area contributed by atoms with Crippen molar-refractivity contribution in [3.63, 3.8) is 0 Å². The lowest BCUT2D eigenvalue weighted by atomic mass is 10.1. The average Bonchev–Trinajstić information content (AvgIpc) is 3.40. The molecule has 2 aromatic heterocycles. The van der Waals surface area contributed by atoms with E-state index in [9.17, 15) is 9.59 Å². The number of aryl methyl sites for hydroxylation is 2. The van der Waals surface area contributed by atoms with Gasteiger partial charge in [0.05, 0.1) is 24.3 Å². The summed E-state index contributed by atoms with van der Waals surface area (Å²) in [5, 5.41) is 0. The third kappa shape index (κ3) is 6.51. The Morgan fingerprint density at radius 2 is 1.34 bits per heavy atom. The van der Waals surface area contributed by atoms with Crippen LogP contribution in [0.5, 0.6) is 11.5 Å². The van der Waals surface area contributed by atoms with Crippen LogP contribution in [0.3, 0.4) is 0 Å². The maximum absolute atomic E-state index is 11.6. The molecule has 0 aliphatic carbocycles. The summed E-state index contributed by atoms with van der Waals surface area (Å²) >= 11 is 0. The van der Waals surface area contributed by atoms with Crippen LogP contribution < -0.4 is 20.6 Å². The number of hydrogen-bond acceptors (Lipinski definition) is 4. The number of pyridine rings is 2. The number of rotatable bonds is 0. The summed E-state index contributed by atoms with van der Waals surface area (Å²) in [5.41, 5.74) is 1.77. The second-order valence-corrected chi connectivity index (χ2v) is 5.89. The molecule has 1 atom stereocenters. The minimum absolute atomic E-state index is 0.0671. The molecule has 0 saturated carbocycles. The first-order valence-electron chi connectivity index (χ1n) is 10.6. The van der Waals surface area contributed by atoms with Gasteiger partial charge in [0, 0.05) is 38.8 Å². The molecule has 0 amide bonds. The van der Waals surface area contributed by atoms with Gasteiger partial charge in [-0.25, -0.2) is 0 Å². The van der Waals surface area contributed by atoms with Gasteiger partial charge in [-0.1, -0.05) is 48.5 Å². The molecule has 2 aliphatic rings. The molecule has 6 heteroatoms. The highest BCUT2D eigenvalue weighted by Gasteiger charge is 2.23. The van der Waals surface area contributed by atoms with Crippen LogP contribution in [0.2, 0.25) is 0 Å². The topological polar surface area (TPSA) is 62.5 Å². The van der Waals surface area contributed by atoms with Crippen LogP contribution in [0.25, 0.3) is 0 Å². The molecule has 1 unspecified atom stereocenters. The molecule has 164 valence electrons. The van der Waals surface area contributed by atoms with Crippen molar-refractivity contribution in [2.75, 3.05) is 13.2 Å². The van der Waals surface area contributed by atoms with Crippen molar-refractivity contribution < 1.29 is 9.47 Å². The van der Waals surface area contributed by atoms with Crippen molar-refractivity contribution in [3.05, 3.63) is 56.4 Å². The molecule has 0 N–H and O–H groups in total. The predicted octanol–water partition coefficient (Wildman–Crippen LogP) is 4.28. The highest BCUT2D eigenvalue weighted by Crippen LogP contribution is 2.29. The minimum Gasteiger partial charge on any atom is -0.493 e. The normalized spacial score (nSPS) is 14.4. The van der Waals surface area contributed by atoms with Gasteiger partial charge in [-0.3, -0.25) is 9.59 Å². The second-order valence-electron chi connectivity index (χ2n) is 5.89. The van der Waals surface area contributed by atoms with E-state index in [1.807, 2.05) is 60.6 Å². The fourth-order valence-electron chi connectivity index (χ4n) is 2.80. The molecule has 0 bridgehead atoms. The molecule has 0 spiro atoms. The zero-order valence-electron chi connectivity index (χ0n) is 19.5. The van der Waals surface area contributed by atoms with Gasteiger partial charge in [0.2, 0.25) is 0 Å². The second kappa shape index (κ2) is 13.6. The van der Waals surface area contributed by atoms with Crippen molar-refractivity contribution in [2.45, 2.75) is 60.8 Å². The van der Waals surface area contributed by atoms with Crippen LogP contribution in [0, 0.1) is 0 Å². The third-order valence-corrected chi connectivity index (χ3v) is 4.18. The molecule has 0 aromatic carbocycles. The Labute approximate surface area is 175 Å². The van der Waals surface area contributed by atoms with E-state index in [1.54, 1.807) is 35.6 Å². The number of hydrogen-bond donors (Lipinski definition) is 0. The van der Waals surface area contributed by atoms with Crippen LogP contribution in [0.15, 0.2) is 34.1 Å². The average molecular weight is 407 g/mol. The molecule has 2 aliphatic heterocycles. The van der Waals surface area contributed by atoms with Gasteiger partial charge >= 0.3 is 0 Å². The highest BCUT2D eigenvalue weighted by molar-refractivity contribution is 5.37. The van der Waals surface area contributed by atoms with E-state index in [-0.39, 0.29) is 17.0 Å². The molecule has 4 rings (SSSR count). The molecular weight excluding hydrogens is 368 g/mol. The predicted molar refractivity (Wildman–Crippen MR) is 121 cm³/mol. The molecule has 29 heavy (non-hydrogen) atoms. The van der Waals surface area contributed by atoms with Gasteiger partial charge in [-0.2, -0.15) is 0 Å². The van der Waals surface area contributed by atoms with Gasteiger partial charge in [0.1, 0.15) is 11.5 Å². The van der Waals surface area contributed by atoms with Crippen molar-refractivity contribution in [3.8, 4) is 11.5 Å². The SMILES string of the molecule is CC.CC.CC.CC1COc2ccn(C)c(=O)c21.Cn1ccc2c(c1=O)CCO2. The van der Waals surface area contributed by atoms with Crippen LogP contribution in [0.4, 0.5) is 0 Å². The summed E-state index contributed by atoms with van der Waals surface area (Å²) in [6.07, 6.45) is 4.22.